The van der Waals surface area contributed by atoms with Crippen molar-refractivity contribution in [2.45, 2.75) is 18.7 Å². The summed E-state index contributed by atoms with van der Waals surface area (Å²) in [6.45, 7) is 6.35. The van der Waals surface area contributed by atoms with E-state index < -0.39 is 10.0 Å². The summed E-state index contributed by atoms with van der Waals surface area (Å²) in [7, 11) is -3.49. The molecule has 0 aliphatic rings. The number of hydrogen-bond acceptors (Lipinski definition) is 4. The lowest BCUT2D eigenvalue weighted by molar-refractivity contribution is 0.110. The second-order valence-electron chi connectivity index (χ2n) is 4.11. The fourth-order valence-corrected chi connectivity index (χ4v) is 3.14. The average molecular weight is 301 g/mol. The zero-order chi connectivity index (χ0) is 14.8. The molecule has 20 heavy (non-hydrogen) atoms. The normalized spacial score (nSPS) is 11.9. The van der Waals surface area contributed by atoms with Gasteiger partial charge < -0.3 is 9.47 Å². The summed E-state index contributed by atoms with van der Waals surface area (Å²) in [5.74, 6) is 0. The SMILES string of the molecule is CCOCCN(CCOCC)S(=O)(=O)c1ccccc1. The van der Waals surface area contributed by atoms with Gasteiger partial charge in [-0.2, -0.15) is 4.31 Å². The molecule has 0 saturated carbocycles. The standard InChI is InChI=1S/C14H23NO4S/c1-3-18-12-10-15(11-13-19-4-2)20(16,17)14-8-6-5-7-9-14/h5-9H,3-4,10-13H2,1-2H3. The Balaban J connectivity index is 2.79. The van der Waals surface area contributed by atoms with Crippen molar-refractivity contribution in [3.63, 3.8) is 0 Å². The molecule has 6 heteroatoms. The lowest BCUT2D eigenvalue weighted by Crippen LogP contribution is -2.36. The maximum Gasteiger partial charge on any atom is 0.243 e. The van der Waals surface area contributed by atoms with Crippen molar-refractivity contribution < 1.29 is 17.9 Å². The van der Waals surface area contributed by atoms with E-state index in [-0.39, 0.29) is 0 Å². The second-order valence-corrected chi connectivity index (χ2v) is 6.05. The van der Waals surface area contributed by atoms with Crippen LogP contribution in [0.1, 0.15) is 13.8 Å². The van der Waals surface area contributed by atoms with E-state index in [0.29, 0.717) is 44.4 Å². The second kappa shape index (κ2) is 9.07. The number of sulfonamides is 1. The summed E-state index contributed by atoms with van der Waals surface area (Å²) in [4.78, 5) is 0.299. The van der Waals surface area contributed by atoms with Crippen LogP contribution in [0, 0.1) is 0 Å². The van der Waals surface area contributed by atoms with Gasteiger partial charge in [-0.25, -0.2) is 8.42 Å². The lowest BCUT2D eigenvalue weighted by Gasteiger charge is -2.22. The first-order chi connectivity index (χ1) is 9.62. The number of ether oxygens (including phenoxy) is 2. The van der Waals surface area contributed by atoms with Crippen molar-refractivity contribution in [1.82, 2.24) is 4.31 Å². The van der Waals surface area contributed by atoms with Gasteiger partial charge in [-0.15, -0.1) is 0 Å². The van der Waals surface area contributed by atoms with Crippen LogP contribution in [0.2, 0.25) is 0 Å². The quantitative estimate of drug-likeness (QED) is 0.618. The van der Waals surface area contributed by atoms with Crippen LogP contribution >= 0.6 is 0 Å². The molecule has 0 N–H and O–H groups in total. The minimum Gasteiger partial charge on any atom is -0.380 e. The molecule has 0 saturated heterocycles. The first-order valence-corrected chi connectivity index (χ1v) is 8.27. The van der Waals surface area contributed by atoms with E-state index in [1.165, 1.54) is 4.31 Å². The van der Waals surface area contributed by atoms with Gasteiger partial charge in [-0.3, -0.25) is 0 Å². The predicted octanol–water partition coefficient (Wildman–Crippen LogP) is 1.75. The molecule has 1 rings (SSSR count). The van der Waals surface area contributed by atoms with E-state index in [2.05, 4.69) is 0 Å². The Bertz CT molecular complexity index is 451. The highest BCUT2D eigenvalue weighted by atomic mass is 32.2. The van der Waals surface area contributed by atoms with Crippen LogP contribution < -0.4 is 0 Å². The van der Waals surface area contributed by atoms with Crippen LogP contribution in [0.3, 0.4) is 0 Å². The van der Waals surface area contributed by atoms with Crippen LogP contribution in [0.4, 0.5) is 0 Å². The molecule has 0 fully saturated rings. The van der Waals surface area contributed by atoms with Crippen LogP contribution in [-0.4, -0.2) is 52.2 Å². The minimum absolute atomic E-state index is 0.299. The summed E-state index contributed by atoms with van der Waals surface area (Å²) in [5, 5.41) is 0. The molecule has 0 heterocycles. The molecule has 114 valence electrons. The molecule has 0 aliphatic heterocycles. The maximum absolute atomic E-state index is 12.5. The van der Waals surface area contributed by atoms with Crippen molar-refractivity contribution in [2.75, 3.05) is 39.5 Å². The highest BCUT2D eigenvalue weighted by Gasteiger charge is 2.23. The summed E-state index contributed by atoms with van der Waals surface area (Å²) in [6.07, 6.45) is 0. The van der Waals surface area contributed by atoms with Gasteiger partial charge >= 0.3 is 0 Å². The van der Waals surface area contributed by atoms with E-state index >= 15 is 0 Å². The predicted molar refractivity (Wildman–Crippen MR) is 78.2 cm³/mol. The summed E-state index contributed by atoms with van der Waals surface area (Å²) in [6, 6.07) is 8.43. The molecule has 0 atom stereocenters. The van der Waals surface area contributed by atoms with Crippen LogP contribution in [0.15, 0.2) is 35.2 Å². The molecule has 0 spiro atoms. The number of nitrogens with zero attached hydrogens (tertiary/aromatic N) is 1. The minimum atomic E-state index is -3.49. The third-order valence-electron chi connectivity index (χ3n) is 2.76. The molecule has 0 aliphatic carbocycles. The molecule has 5 nitrogen and oxygen atoms in total. The van der Waals surface area contributed by atoms with E-state index in [1.54, 1.807) is 30.3 Å². The molecule has 1 aromatic carbocycles. The largest absolute Gasteiger partial charge is 0.380 e. The van der Waals surface area contributed by atoms with Crippen molar-refractivity contribution in [1.29, 1.82) is 0 Å². The van der Waals surface area contributed by atoms with Crippen LogP contribution in [-0.2, 0) is 19.5 Å². The van der Waals surface area contributed by atoms with Gasteiger partial charge in [0.2, 0.25) is 10.0 Å². The zero-order valence-electron chi connectivity index (χ0n) is 12.1. The highest BCUT2D eigenvalue weighted by molar-refractivity contribution is 7.89. The third-order valence-corrected chi connectivity index (χ3v) is 4.67. The number of benzene rings is 1. The maximum atomic E-state index is 12.5. The van der Waals surface area contributed by atoms with Crippen molar-refractivity contribution in [2.24, 2.45) is 0 Å². The Kier molecular flexibility index (Phi) is 7.76. The average Bonchev–Trinajstić information content (AvgIpc) is 2.47. The Morgan fingerprint density at radius 1 is 0.950 bits per heavy atom. The van der Waals surface area contributed by atoms with Gasteiger partial charge in [0, 0.05) is 26.3 Å². The first kappa shape index (κ1) is 17.1. The molecule has 0 radical (unpaired) electrons. The fraction of sp³-hybridized carbons (Fsp3) is 0.571. The van der Waals surface area contributed by atoms with Crippen molar-refractivity contribution >= 4 is 10.0 Å². The van der Waals surface area contributed by atoms with Gasteiger partial charge in [0.25, 0.3) is 0 Å². The van der Waals surface area contributed by atoms with E-state index in [0.717, 1.165) is 0 Å². The van der Waals surface area contributed by atoms with Gasteiger partial charge in [0.15, 0.2) is 0 Å². The van der Waals surface area contributed by atoms with E-state index in [1.807, 2.05) is 13.8 Å². The summed E-state index contributed by atoms with van der Waals surface area (Å²) in [5.41, 5.74) is 0. The number of hydrogen-bond donors (Lipinski definition) is 0. The summed E-state index contributed by atoms with van der Waals surface area (Å²) < 4.78 is 37.0. The van der Waals surface area contributed by atoms with Crippen LogP contribution in [0.25, 0.3) is 0 Å². The van der Waals surface area contributed by atoms with E-state index in [9.17, 15) is 8.42 Å². The lowest BCUT2D eigenvalue weighted by atomic mass is 10.4. The fourth-order valence-electron chi connectivity index (χ4n) is 1.72. The Morgan fingerprint density at radius 3 is 1.90 bits per heavy atom. The Labute approximate surface area is 121 Å². The van der Waals surface area contributed by atoms with Gasteiger partial charge in [-0.05, 0) is 26.0 Å². The van der Waals surface area contributed by atoms with Gasteiger partial charge in [0.1, 0.15) is 0 Å². The summed E-state index contributed by atoms with van der Waals surface area (Å²) >= 11 is 0. The van der Waals surface area contributed by atoms with Crippen LogP contribution in [0.5, 0.6) is 0 Å². The monoisotopic (exact) mass is 301 g/mol. The molecule has 1 aromatic rings. The van der Waals surface area contributed by atoms with E-state index in [4.69, 9.17) is 9.47 Å². The van der Waals surface area contributed by atoms with Crippen molar-refractivity contribution in [3.05, 3.63) is 30.3 Å². The molecule has 0 unspecified atom stereocenters. The third kappa shape index (κ3) is 5.20. The first-order valence-electron chi connectivity index (χ1n) is 6.83. The topological polar surface area (TPSA) is 55.8 Å². The molecule has 0 aromatic heterocycles. The zero-order valence-corrected chi connectivity index (χ0v) is 12.9. The van der Waals surface area contributed by atoms with Crippen molar-refractivity contribution in [3.8, 4) is 0 Å². The smallest absolute Gasteiger partial charge is 0.243 e. The number of rotatable bonds is 10. The molecular weight excluding hydrogens is 278 g/mol. The Hall–Kier alpha value is -0.950. The highest BCUT2D eigenvalue weighted by Crippen LogP contribution is 2.14. The van der Waals surface area contributed by atoms with Gasteiger partial charge in [-0.1, -0.05) is 18.2 Å². The van der Waals surface area contributed by atoms with Gasteiger partial charge in [0.05, 0.1) is 18.1 Å². The Morgan fingerprint density at radius 2 is 1.45 bits per heavy atom. The molecular formula is C14H23NO4S. The molecule has 0 amide bonds. The molecule has 0 bridgehead atoms.